The van der Waals surface area contributed by atoms with Gasteiger partial charge in [-0.1, -0.05) is 19.0 Å². The van der Waals surface area contributed by atoms with Crippen molar-refractivity contribution >= 4 is 11.8 Å². The average molecular weight is 402 g/mol. The third-order valence-electron chi connectivity index (χ3n) is 5.08. The lowest BCUT2D eigenvalue weighted by atomic mass is 9.97. The molecule has 1 aromatic heterocycles. The number of rotatable bonds is 7. The Balaban J connectivity index is 1.48. The second-order valence-corrected chi connectivity index (χ2v) is 7.77. The quantitative estimate of drug-likeness (QED) is 0.769. The SMILES string of the molecule is CC(C)C(=O)NCC1CCCN(C(=O)CCc2nc(-c3ccc(F)cc3)no2)C1. The van der Waals surface area contributed by atoms with Gasteiger partial charge in [-0.05, 0) is 43.0 Å². The molecule has 0 spiro atoms. The topological polar surface area (TPSA) is 88.3 Å². The molecule has 1 aliphatic heterocycles. The van der Waals surface area contributed by atoms with Crippen LogP contribution in [-0.2, 0) is 16.0 Å². The molecule has 2 aromatic rings. The summed E-state index contributed by atoms with van der Waals surface area (Å²) in [5.41, 5.74) is 0.662. The zero-order valence-electron chi connectivity index (χ0n) is 16.9. The Bertz CT molecular complexity index is 835. The first-order chi connectivity index (χ1) is 13.9. The summed E-state index contributed by atoms with van der Waals surface area (Å²) in [6.07, 6.45) is 2.59. The summed E-state index contributed by atoms with van der Waals surface area (Å²) in [5, 5.41) is 6.86. The fourth-order valence-corrected chi connectivity index (χ4v) is 3.35. The van der Waals surface area contributed by atoms with E-state index in [0.717, 1.165) is 19.4 Å². The van der Waals surface area contributed by atoms with E-state index in [4.69, 9.17) is 4.52 Å². The van der Waals surface area contributed by atoms with Crippen LogP contribution in [0.4, 0.5) is 4.39 Å². The molecule has 0 radical (unpaired) electrons. The van der Waals surface area contributed by atoms with Crippen LogP contribution in [0.15, 0.2) is 28.8 Å². The van der Waals surface area contributed by atoms with Crippen molar-refractivity contribution in [2.45, 2.75) is 39.5 Å². The van der Waals surface area contributed by atoms with Crippen molar-refractivity contribution in [1.29, 1.82) is 0 Å². The van der Waals surface area contributed by atoms with Crippen LogP contribution in [0.2, 0.25) is 0 Å². The van der Waals surface area contributed by atoms with Crippen molar-refractivity contribution in [3.05, 3.63) is 36.0 Å². The van der Waals surface area contributed by atoms with Crippen LogP contribution in [0.5, 0.6) is 0 Å². The maximum atomic E-state index is 13.0. The fourth-order valence-electron chi connectivity index (χ4n) is 3.35. The Labute approximate surface area is 169 Å². The molecular formula is C21H27FN4O3. The highest BCUT2D eigenvalue weighted by molar-refractivity contribution is 5.78. The van der Waals surface area contributed by atoms with Crippen molar-refractivity contribution in [2.75, 3.05) is 19.6 Å². The number of halogens is 1. The summed E-state index contributed by atoms with van der Waals surface area (Å²) in [4.78, 5) is 30.5. The van der Waals surface area contributed by atoms with Gasteiger partial charge in [0.2, 0.25) is 23.5 Å². The summed E-state index contributed by atoms with van der Waals surface area (Å²) in [7, 11) is 0. The number of nitrogens with zero attached hydrogens (tertiary/aromatic N) is 3. The molecule has 7 nitrogen and oxygen atoms in total. The third kappa shape index (κ3) is 5.85. The van der Waals surface area contributed by atoms with Crippen molar-refractivity contribution in [3.63, 3.8) is 0 Å². The van der Waals surface area contributed by atoms with Gasteiger partial charge in [-0.3, -0.25) is 9.59 Å². The van der Waals surface area contributed by atoms with Crippen LogP contribution in [0.1, 0.15) is 39.0 Å². The molecule has 1 aromatic carbocycles. The number of benzene rings is 1. The molecule has 1 fully saturated rings. The van der Waals surface area contributed by atoms with Crippen LogP contribution >= 0.6 is 0 Å². The van der Waals surface area contributed by atoms with Crippen molar-refractivity contribution in [2.24, 2.45) is 11.8 Å². The molecule has 156 valence electrons. The number of aryl methyl sites for hydroxylation is 1. The van der Waals surface area contributed by atoms with Gasteiger partial charge in [-0.15, -0.1) is 0 Å². The lowest BCUT2D eigenvalue weighted by molar-refractivity contribution is -0.133. The molecule has 1 unspecified atom stereocenters. The highest BCUT2D eigenvalue weighted by atomic mass is 19.1. The van der Waals surface area contributed by atoms with E-state index >= 15 is 0 Å². The Hall–Kier alpha value is -2.77. The number of carbonyl (C=O) groups is 2. The van der Waals surface area contributed by atoms with Gasteiger partial charge in [0.25, 0.3) is 0 Å². The van der Waals surface area contributed by atoms with Gasteiger partial charge in [-0.2, -0.15) is 4.98 Å². The Kier molecular flexibility index (Phi) is 6.95. The molecule has 1 saturated heterocycles. The molecule has 3 rings (SSSR count). The average Bonchev–Trinajstić information content (AvgIpc) is 3.20. The van der Waals surface area contributed by atoms with Gasteiger partial charge < -0.3 is 14.7 Å². The molecule has 1 aliphatic rings. The second kappa shape index (κ2) is 9.62. The van der Waals surface area contributed by atoms with Crippen LogP contribution in [0, 0.1) is 17.7 Å². The summed E-state index contributed by atoms with van der Waals surface area (Å²) in [6.45, 7) is 5.72. The van der Waals surface area contributed by atoms with Crippen LogP contribution in [0.25, 0.3) is 11.4 Å². The van der Waals surface area contributed by atoms with E-state index in [-0.39, 0.29) is 35.9 Å². The van der Waals surface area contributed by atoms with Crippen LogP contribution in [0.3, 0.4) is 0 Å². The van der Waals surface area contributed by atoms with E-state index in [2.05, 4.69) is 15.5 Å². The van der Waals surface area contributed by atoms with E-state index in [0.29, 0.717) is 36.8 Å². The maximum Gasteiger partial charge on any atom is 0.227 e. The van der Waals surface area contributed by atoms with Crippen molar-refractivity contribution in [3.8, 4) is 11.4 Å². The highest BCUT2D eigenvalue weighted by Gasteiger charge is 2.24. The van der Waals surface area contributed by atoms with Gasteiger partial charge in [-0.25, -0.2) is 4.39 Å². The van der Waals surface area contributed by atoms with Gasteiger partial charge in [0.05, 0.1) is 0 Å². The summed E-state index contributed by atoms with van der Waals surface area (Å²) >= 11 is 0. The molecule has 2 amide bonds. The standard InChI is InChI=1S/C21H27FN4O3/c1-14(2)21(28)23-12-15-4-3-11-26(13-15)19(27)10-9-18-24-20(25-29-18)16-5-7-17(22)8-6-16/h5-8,14-15H,3-4,9-13H2,1-2H3,(H,23,28). The van der Waals surface area contributed by atoms with E-state index in [9.17, 15) is 14.0 Å². The first-order valence-electron chi connectivity index (χ1n) is 10.1. The molecule has 0 aliphatic carbocycles. The first kappa shape index (κ1) is 21.0. The minimum Gasteiger partial charge on any atom is -0.356 e. The second-order valence-electron chi connectivity index (χ2n) is 7.77. The van der Waals surface area contributed by atoms with Crippen LogP contribution in [-0.4, -0.2) is 46.5 Å². The summed E-state index contributed by atoms with van der Waals surface area (Å²) < 4.78 is 18.2. The Morgan fingerprint density at radius 1 is 1.31 bits per heavy atom. The van der Waals surface area contributed by atoms with Gasteiger partial charge in [0.15, 0.2) is 0 Å². The Morgan fingerprint density at radius 2 is 2.07 bits per heavy atom. The zero-order chi connectivity index (χ0) is 20.8. The van der Waals surface area contributed by atoms with Crippen LogP contribution < -0.4 is 5.32 Å². The zero-order valence-corrected chi connectivity index (χ0v) is 16.9. The molecule has 29 heavy (non-hydrogen) atoms. The normalized spacial score (nSPS) is 16.8. The fraction of sp³-hybridized carbons (Fsp3) is 0.524. The Morgan fingerprint density at radius 3 is 2.79 bits per heavy atom. The molecule has 0 bridgehead atoms. The lowest BCUT2D eigenvalue weighted by Gasteiger charge is -2.33. The number of hydrogen-bond donors (Lipinski definition) is 1. The molecule has 1 atom stereocenters. The van der Waals surface area contributed by atoms with Gasteiger partial charge in [0, 0.05) is 44.0 Å². The summed E-state index contributed by atoms with van der Waals surface area (Å²) in [5.74, 6) is 0.774. The van der Waals surface area contributed by atoms with Crippen molar-refractivity contribution < 1.29 is 18.5 Å². The van der Waals surface area contributed by atoms with E-state index < -0.39 is 0 Å². The summed E-state index contributed by atoms with van der Waals surface area (Å²) in [6, 6.07) is 5.85. The predicted molar refractivity (Wildman–Crippen MR) is 105 cm³/mol. The van der Waals surface area contributed by atoms with Gasteiger partial charge in [0.1, 0.15) is 5.82 Å². The smallest absolute Gasteiger partial charge is 0.227 e. The van der Waals surface area contributed by atoms with Crippen molar-refractivity contribution in [1.82, 2.24) is 20.4 Å². The maximum absolute atomic E-state index is 13.0. The minimum atomic E-state index is -0.327. The number of amides is 2. The predicted octanol–water partition coefficient (Wildman–Crippen LogP) is 2.82. The molecule has 2 heterocycles. The monoisotopic (exact) mass is 402 g/mol. The van der Waals surface area contributed by atoms with E-state index in [1.165, 1.54) is 12.1 Å². The first-order valence-corrected chi connectivity index (χ1v) is 10.1. The highest BCUT2D eigenvalue weighted by Crippen LogP contribution is 2.19. The third-order valence-corrected chi connectivity index (χ3v) is 5.08. The number of hydrogen-bond acceptors (Lipinski definition) is 5. The van der Waals surface area contributed by atoms with E-state index in [1.54, 1.807) is 12.1 Å². The minimum absolute atomic E-state index is 0.0365. The number of carbonyl (C=O) groups excluding carboxylic acids is 2. The molecular weight excluding hydrogens is 375 g/mol. The molecule has 0 saturated carbocycles. The van der Waals surface area contributed by atoms with E-state index in [1.807, 2.05) is 18.7 Å². The lowest BCUT2D eigenvalue weighted by Crippen LogP contribution is -2.44. The molecule has 8 heteroatoms. The van der Waals surface area contributed by atoms with Gasteiger partial charge >= 0.3 is 0 Å². The number of piperidine rings is 1. The number of likely N-dealkylation sites (tertiary alicyclic amines) is 1. The number of nitrogens with one attached hydrogen (secondary N) is 1. The number of aromatic nitrogens is 2. The largest absolute Gasteiger partial charge is 0.356 e. The molecule has 1 N–H and O–H groups in total.